The first kappa shape index (κ1) is 15.1. The minimum Gasteiger partial charge on any atom is -0.310 e. The van der Waals surface area contributed by atoms with E-state index in [0.29, 0.717) is 6.04 Å². The molecule has 1 unspecified atom stereocenters. The Hall–Kier alpha value is -1.32. The van der Waals surface area contributed by atoms with Crippen LogP contribution in [-0.2, 0) is 5.75 Å². The second kappa shape index (κ2) is 8.08. The number of hydrogen-bond acceptors (Lipinski definition) is 3. The molecule has 2 rings (SSSR count). The fourth-order valence-electron chi connectivity index (χ4n) is 2.00. The summed E-state index contributed by atoms with van der Waals surface area (Å²) in [4.78, 5) is 5.47. The van der Waals surface area contributed by atoms with Gasteiger partial charge in [-0.1, -0.05) is 25.1 Å². The van der Waals surface area contributed by atoms with Gasteiger partial charge in [0.2, 0.25) is 0 Å². The van der Waals surface area contributed by atoms with Crippen molar-refractivity contribution in [3.05, 3.63) is 59.9 Å². The lowest BCUT2D eigenvalue weighted by molar-refractivity contribution is 0.570. The number of pyridine rings is 1. The second-order valence-corrected chi connectivity index (χ2v) is 5.95. The van der Waals surface area contributed by atoms with E-state index in [4.69, 9.17) is 0 Å². The van der Waals surface area contributed by atoms with Crippen molar-refractivity contribution in [2.45, 2.75) is 37.0 Å². The van der Waals surface area contributed by atoms with Gasteiger partial charge in [-0.3, -0.25) is 4.98 Å². The fraction of sp³-hybridized carbons (Fsp3) is 0.353. The SMILES string of the molecule is CCCNC(C)c1cccc(SCc2cccnc2)c1. The third-order valence-corrected chi connectivity index (χ3v) is 4.25. The van der Waals surface area contributed by atoms with Gasteiger partial charge in [0, 0.05) is 29.1 Å². The summed E-state index contributed by atoms with van der Waals surface area (Å²) in [7, 11) is 0. The van der Waals surface area contributed by atoms with Gasteiger partial charge in [-0.25, -0.2) is 0 Å². The first-order valence-electron chi connectivity index (χ1n) is 7.14. The van der Waals surface area contributed by atoms with Crippen molar-refractivity contribution < 1.29 is 0 Å². The first-order chi connectivity index (χ1) is 9.79. The Labute approximate surface area is 126 Å². The maximum atomic E-state index is 4.15. The lowest BCUT2D eigenvalue weighted by Crippen LogP contribution is -2.19. The molecule has 0 aliphatic heterocycles. The minimum atomic E-state index is 0.411. The molecule has 0 saturated carbocycles. The van der Waals surface area contributed by atoms with Crippen LogP contribution in [0.5, 0.6) is 0 Å². The summed E-state index contributed by atoms with van der Waals surface area (Å²) in [6, 6.07) is 13.3. The number of thioether (sulfide) groups is 1. The van der Waals surface area contributed by atoms with Gasteiger partial charge < -0.3 is 5.32 Å². The molecule has 0 bridgehead atoms. The summed E-state index contributed by atoms with van der Waals surface area (Å²) in [5.74, 6) is 0.966. The Morgan fingerprint density at radius 1 is 1.25 bits per heavy atom. The van der Waals surface area contributed by atoms with Crippen LogP contribution < -0.4 is 5.32 Å². The van der Waals surface area contributed by atoms with Crippen molar-refractivity contribution in [3.63, 3.8) is 0 Å². The van der Waals surface area contributed by atoms with E-state index in [1.54, 1.807) is 0 Å². The largest absolute Gasteiger partial charge is 0.310 e. The van der Waals surface area contributed by atoms with Crippen LogP contribution in [0.2, 0.25) is 0 Å². The maximum absolute atomic E-state index is 4.15. The molecule has 20 heavy (non-hydrogen) atoms. The van der Waals surface area contributed by atoms with Gasteiger partial charge in [-0.15, -0.1) is 11.8 Å². The molecule has 1 aromatic heterocycles. The van der Waals surface area contributed by atoms with Gasteiger partial charge in [0.15, 0.2) is 0 Å². The van der Waals surface area contributed by atoms with E-state index in [0.717, 1.165) is 12.3 Å². The molecule has 0 amide bonds. The van der Waals surface area contributed by atoms with Gasteiger partial charge in [0.1, 0.15) is 0 Å². The zero-order valence-electron chi connectivity index (χ0n) is 12.2. The Morgan fingerprint density at radius 3 is 2.90 bits per heavy atom. The van der Waals surface area contributed by atoms with E-state index in [9.17, 15) is 0 Å². The summed E-state index contributed by atoms with van der Waals surface area (Å²) in [6.07, 6.45) is 4.91. The summed E-state index contributed by atoms with van der Waals surface area (Å²) >= 11 is 1.86. The Kier molecular flexibility index (Phi) is 6.09. The van der Waals surface area contributed by atoms with Crippen molar-refractivity contribution >= 4 is 11.8 Å². The number of hydrogen-bond donors (Lipinski definition) is 1. The molecule has 0 fully saturated rings. The summed E-state index contributed by atoms with van der Waals surface area (Å²) in [6.45, 7) is 5.48. The molecule has 1 aromatic carbocycles. The normalized spacial score (nSPS) is 12.3. The highest BCUT2D eigenvalue weighted by Crippen LogP contribution is 2.25. The van der Waals surface area contributed by atoms with E-state index in [2.05, 4.69) is 54.5 Å². The maximum Gasteiger partial charge on any atom is 0.0308 e. The molecular weight excluding hydrogens is 264 g/mol. The third kappa shape index (κ3) is 4.66. The molecule has 0 radical (unpaired) electrons. The van der Waals surface area contributed by atoms with Crippen molar-refractivity contribution in [3.8, 4) is 0 Å². The molecule has 0 aliphatic carbocycles. The van der Waals surface area contributed by atoms with Gasteiger partial charge >= 0.3 is 0 Å². The van der Waals surface area contributed by atoms with Crippen molar-refractivity contribution in [1.29, 1.82) is 0 Å². The van der Waals surface area contributed by atoms with Gasteiger partial charge in [0.05, 0.1) is 0 Å². The Morgan fingerprint density at radius 2 is 2.15 bits per heavy atom. The first-order valence-corrected chi connectivity index (χ1v) is 8.13. The second-order valence-electron chi connectivity index (χ2n) is 4.90. The number of nitrogens with one attached hydrogen (secondary N) is 1. The number of benzene rings is 1. The topological polar surface area (TPSA) is 24.9 Å². The smallest absolute Gasteiger partial charge is 0.0308 e. The van der Waals surface area contributed by atoms with Crippen LogP contribution in [0.1, 0.15) is 37.4 Å². The van der Waals surface area contributed by atoms with Crippen molar-refractivity contribution in [2.75, 3.05) is 6.54 Å². The van der Waals surface area contributed by atoms with Gasteiger partial charge in [-0.05, 0) is 49.2 Å². The molecule has 3 heteroatoms. The van der Waals surface area contributed by atoms with Crippen LogP contribution in [0.4, 0.5) is 0 Å². The van der Waals surface area contributed by atoms with Crippen LogP contribution in [0.25, 0.3) is 0 Å². The van der Waals surface area contributed by atoms with Crippen LogP contribution >= 0.6 is 11.8 Å². The Balaban J connectivity index is 1.95. The fourth-order valence-corrected chi connectivity index (χ4v) is 2.90. The number of nitrogens with zero attached hydrogens (tertiary/aromatic N) is 1. The predicted molar refractivity (Wildman–Crippen MR) is 86.9 cm³/mol. The monoisotopic (exact) mass is 286 g/mol. The summed E-state index contributed by atoms with van der Waals surface area (Å²) in [5.41, 5.74) is 2.62. The van der Waals surface area contributed by atoms with Crippen LogP contribution in [0.15, 0.2) is 53.7 Å². The van der Waals surface area contributed by atoms with Gasteiger partial charge in [0.25, 0.3) is 0 Å². The summed E-state index contributed by atoms with van der Waals surface area (Å²) in [5, 5.41) is 3.53. The van der Waals surface area contributed by atoms with Crippen LogP contribution in [0.3, 0.4) is 0 Å². The molecule has 2 nitrogen and oxygen atoms in total. The average Bonchev–Trinajstić information content (AvgIpc) is 2.52. The van der Waals surface area contributed by atoms with E-state index in [1.165, 1.54) is 22.4 Å². The molecular formula is C17H22N2S. The third-order valence-electron chi connectivity index (χ3n) is 3.19. The lowest BCUT2D eigenvalue weighted by Gasteiger charge is -2.14. The molecule has 1 N–H and O–H groups in total. The highest BCUT2D eigenvalue weighted by molar-refractivity contribution is 7.98. The molecule has 2 aromatic rings. The molecule has 1 heterocycles. The van der Waals surface area contributed by atoms with Gasteiger partial charge in [-0.2, -0.15) is 0 Å². The predicted octanol–water partition coefficient (Wildman–Crippen LogP) is 4.43. The van der Waals surface area contributed by atoms with E-state index >= 15 is 0 Å². The molecule has 106 valence electrons. The minimum absolute atomic E-state index is 0.411. The average molecular weight is 286 g/mol. The molecule has 0 spiro atoms. The highest BCUT2D eigenvalue weighted by atomic mass is 32.2. The molecule has 1 atom stereocenters. The zero-order valence-corrected chi connectivity index (χ0v) is 13.0. The summed E-state index contributed by atoms with van der Waals surface area (Å²) < 4.78 is 0. The van der Waals surface area contributed by atoms with E-state index in [-0.39, 0.29) is 0 Å². The molecule has 0 saturated heterocycles. The Bertz CT molecular complexity index is 513. The van der Waals surface area contributed by atoms with E-state index < -0.39 is 0 Å². The lowest BCUT2D eigenvalue weighted by atomic mass is 10.1. The number of rotatable bonds is 7. The van der Waals surface area contributed by atoms with Crippen LogP contribution in [-0.4, -0.2) is 11.5 Å². The van der Waals surface area contributed by atoms with Crippen molar-refractivity contribution in [1.82, 2.24) is 10.3 Å². The zero-order chi connectivity index (χ0) is 14.2. The highest BCUT2D eigenvalue weighted by Gasteiger charge is 2.05. The van der Waals surface area contributed by atoms with Crippen LogP contribution in [0, 0.1) is 0 Å². The molecule has 0 aliphatic rings. The van der Waals surface area contributed by atoms with E-state index in [1.807, 2.05) is 30.2 Å². The standard InChI is InChI=1S/C17H22N2S/c1-3-9-19-14(2)16-7-4-8-17(11-16)20-13-15-6-5-10-18-12-15/h4-8,10-12,14,19H,3,9,13H2,1-2H3. The van der Waals surface area contributed by atoms with Crippen molar-refractivity contribution in [2.24, 2.45) is 0 Å². The quantitative estimate of drug-likeness (QED) is 0.762. The number of aromatic nitrogens is 1.